The molecule has 3 N–H and O–H groups in total. The predicted octanol–water partition coefficient (Wildman–Crippen LogP) is 2.18. The maximum Gasteiger partial charge on any atom is 0.0947 e. The summed E-state index contributed by atoms with van der Waals surface area (Å²) in [6, 6.07) is 0.266. The molecule has 0 fully saturated rings. The zero-order valence-corrected chi connectivity index (χ0v) is 11.0. The van der Waals surface area contributed by atoms with Gasteiger partial charge in [-0.05, 0) is 19.3 Å². The van der Waals surface area contributed by atoms with Crippen molar-refractivity contribution in [3.05, 3.63) is 15.6 Å². The highest BCUT2D eigenvalue weighted by Gasteiger charge is 2.24. The molecule has 1 heterocycles. The van der Waals surface area contributed by atoms with Crippen molar-refractivity contribution in [2.24, 2.45) is 11.3 Å². The zero-order chi connectivity index (χ0) is 11.6. The highest BCUT2D eigenvalue weighted by Crippen LogP contribution is 2.25. The number of hydrogen-bond acceptors (Lipinski definition) is 4. The van der Waals surface area contributed by atoms with Gasteiger partial charge in [-0.25, -0.2) is 4.98 Å². The lowest BCUT2D eigenvalue weighted by Gasteiger charge is -2.29. The van der Waals surface area contributed by atoms with Gasteiger partial charge in [0, 0.05) is 17.3 Å². The van der Waals surface area contributed by atoms with E-state index in [4.69, 9.17) is 5.84 Å². The van der Waals surface area contributed by atoms with Crippen LogP contribution in [0.5, 0.6) is 0 Å². The lowest BCUT2D eigenvalue weighted by atomic mass is 9.85. The van der Waals surface area contributed by atoms with Crippen LogP contribution in [0.3, 0.4) is 0 Å². The Balaban J connectivity index is 2.75. The maximum atomic E-state index is 5.58. The zero-order valence-electron chi connectivity index (χ0n) is 10.2. The fourth-order valence-corrected chi connectivity index (χ4v) is 2.40. The van der Waals surface area contributed by atoms with Crippen LogP contribution in [0.2, 0.25) is 0 Å². The Bertz CT molecular complexity index is 306. The van der Waals surface area contributed by atoms with E-state index in [1.165, 1.54) is 9.88 Å². The first kappa shape index (κ1) is 12.6. The smallest absolute Gasteiger partial charge is 0.0947 e. The Morgan fingerprint density at radius 2 is 2.00 bits per heavy atom. The van der Waals surface area contributed by atoms with Crippen LogP contribution < -0.4 is 11.3 Å². The fraction of sp³-hybridized carbons (Fsp3) is 0.727. The predicted molar refractivity (Wildman–Crippen MR) is 65.9 cm³/mol. The van der Waals surface area contributed by atoms with E-state index in [2.05, 4.69) is 45.0 Å². The number of thiazole rings is 1. The maximum absolute atomic E-state index is 5.58. The number of aromatic nitrogens is 1. The monoisotopic (exact) mass is 227 g/mol. The van der Waals surface area contributed by atoms with Crippen molar-refractivity contribution >= 4 is 11.3 Å². The van der Waals surface area contributed by atoms with Crippen molar-refractivity contribution in [1.82, 2.24) is 10.4 Å². The normalized spacial score (nSPS) is 14.3. The fourth-order valence-electron chi connectivity index (χ4n) is 1.42. The average Bonchev–Trinajstić information content (AvgIpc) is 2.40. The number of hydrazine groups is 1. The number of nitrogens with zero attached hydrogens (tertiary/aromatic N) is 1. The van der Waals surface area contributed by atoms with Crippen molar-refractivity contribution in [3.63, 3.8) is 0 Å². The summed E-state index contributed by atoms with van der Waals surface area (Å²) in [5, 5.41) is 1.17. The highest BCUT2D eigenvalue weighted by atomic mass is 32.1. The molecule has 1 rings (SSSR count). The Morgan fingerprint density at radius 3 is 2.33 bits per heavy atom. The van der Waals surface area contributed by atoms with Gasteiger partial charge < -0.3 is 0 Å². The Kier molecular flexibility index (Phi) is 3.87. The van der Waals surface area contributed by atoms with Gasteiger partial charge in [-0.2, -0.15) is 0 Å². The van der Waals surface area contributed by atoms with Crippen LogP contribution in [-0.4, -0.2) is 11.0 Å². The van der Waals surface area contributed by atoms with Gasteiger partial charge in [0.2, 0.25) is 0 Å². The molecule has 0 aromatic carbocycles. The van der Waals surface area contributed by atoms with Crippen LogP contribution >= 0.6 is 11.3 Å². The number of nitrogens with one attached hydrogen (secondary N) is 1. The number of rotatable bonds is 3. The standard InChI is InChI=1S/C11H21N3S/c1-7-8(2)15-10(13-7)6-9(14-12)11(3,4)5/h9,14H,6,12H2,1-5H3. The number of nitrogens with two attached hydrogens (primary N) is 1. The molecular weight excluding hydrogens is 206 g/mol. The molecular formula is C11H21N3S. The largest absolute Gasteiger partial charge is 0.271 e. The highest BCUT2D eigenvalue weighted by molar-refractivity contribution is 7.11. The molecule has 0 amide bonds. The molecule has 0 spiro atoms. The first-order chi connectivity index (χ1) is 6.84. The molecule has 15 heavy (non-hydrogen) atoms. The summed E-state index contributed by atoms with van der Waals surface area (Å²) in [6.07, 6.45) is 0.902. The van der Waals surface area contributed by atoms with Crippen LogP contribution in [0, 0.1) is 19.3 Å². The molecule has 0 aliphatic rings. The minimum atomic E-state index is 0.155. The van der Waals surface area contributed by atoms with E-state index in [-0.39, 0.29) is 11.5 Å². The molecule has 1 aromatic rings. The lowest BCUT2D eigenvalue weighted by molar-refractivity contribution is 0.268. The van der Waals surface area contributed by atoms with E-state index in [0.717, 1.165) is 12.1 Å². The topological polar surface area (TPSA) is 50.9 Å². The Hall–Kier alpha value is -0.450. The van der Waals surface area contributed by atoms with Gasteiger partial charge in [0.25, 0.3) is 0 Å². The third-order valence-corrected chi connectivity index (χ3v) is 3.79. The van der Waals surface area contributed by atoms with Crippen LogP contribution in [0.4, 0.5) is 0 Å². The summed E-state index contributed by atoms with van der Waals surface area (Å²) in [6.45, 7) is 10.7. The summed E-state index contributed by atoms with van der Waals surface area (Å²) in [5.74, 6) is 5.58. The summed E-state index contributed by atoms with van der Waals surface area (Å²) in [7, 11) is 0. The Morgan fingerprint density at radius 1 is 1.40 bits per heavy atom. The molecule has 0 aliphatic carbocycles. The molecule has 4 heteroatoms. The van der Waals surface area contributed by atoms with Crippen molar-refractivity contribution in [2.75, 3.05) is 0 Å². The molecule has 1 aromatic heterocycles. The number of hydrogen-bond donors (Lipinski definition) is 2. The average molecular weight is 227 g/mol. The van der Waals surface area contributed by atoms with E-state index < -0.39 is 0 Å². The van der Waals surface area contributed by atoms with Crippen molar-refractivity contribution in [2.45, 2.75) is 47.1 Å². The van der Waals surface area contributed by atoms with Gasteiger partial charge in [-0.15, -0.1) is 11.3 Å². The third kappa shape index (κ3) is 3.26. The molecule has 86 valence electrons. The van der Waals surface area contributed by atoms with Crippen molar-refractivity contribution in [1.29, 1.82) is 0 Å². The Labute approximate surface area is 96.1 Å². The molecule has 3 nitrogen and oxygen atoms in total. The van der Waals surface area contributed by atoms with Gasteiger partial charge in [-0.3, -0.25) is 11.3 Å². The first-order valence-electron chi connectivity index (χ1n) is 5.23. The molecule has 0 aliphatic heterocycles. The SMILES string of the molecule is Cc1nc(CC(NN)C(C)(C)C)sc1C. The molecule has 1 unspecified atom stereocenters. The van der Waals surface area contributed by atoms with E-state index >= 15 is 0 Å². The van der Waals surface area contributed by atoms with Crippen LogP contribution in [0.1, 0.15) is 36.3 Å². The van der Waals surface area contributed by atoms with E-state index in [1.54, 1.807) is 11.3 Å². The lowest BCUT2D eigenvalue weighted by Crippen LogP contribution is -2.45. The molecule has 0 saturated carbocycles. The first-order valence-corrected chi connectivity index (χ1v) is 6.05. The summed E-state index contributed by atoms with van der Waals surface area (Å²) >= 11 is 1.77. The summed E-state index contributed by atoms with van der Waals surface area (Å²) in [4.78, 5) is 5.84. The second kappa shape index (κ2) is 4.60. The third-order valence-electron chi connectivity index (χ3n) is 2.70. The second-order valence-corrected chi connectivity index (χ2v) is 6.33. The van der Waals surface area contributed by atoms with Gasteiger partial charge in [0.15, 0.2) is 0 Å². The molecule has 0 radical (unpaired) electrons. The van der Waals surface area contributed by atoms with Crippen molar-refractivity contribution < 1.29 is 0 Å². The van der Waals surface area contributed by atoms with Gasteiger partial charge in [0.1, 0.15) is 0 Å². The van der Waals surface area contributed by atoms with E-state index in [1.807, 2.05) is 0 Å². The van der Waals surface area contributed by atoms with Crippen molar-refractivity contribution in [3.8, 4) is 0 Å². The van der Waals surface area contributed by atoms with Crippen LogP contribution in [0.25, 0.3) is 0 Å². The van der Waals surface area contributed by atoms with E-state index in [0.29, 0.717) is 0 Å². The summed E-state index contributed by atoms with van der Waals surface area (Å²) < 4.78 is 0. The second-order valence-electron chi connectivity index (χ2n) is 5.04. The van der Waals surface area contributed by atoms with Gasteiger partial charge >= 0.3 is 0 Å². The van der Waals surface area contributed by atoms with Crippen LogP contribution in [-0.2, 0) is 6.42 Å². The summed E-state index contributed by atoms with van der Waals surface area (Å²) in [5.41, 5.74) is 4.18. The molecule has 0 bridgehead atoms. The molecule has 0 saturated heterocycles. The quantitative estimate of drug-likeness (QED) is 0.615. The molecule has 1 atom stereocenters. The minimum Gasteiger partial charge on any atom is -0.271 e. The van der Waals surface area contributed by atoms with E-state index in [9.17, 15) is 0 Å². The minimum absolute atomic E-state index is 0.155. The van der Waals surface area contributed by atoms with Gasteiger partial charge in [-0.1, -0.05) is 20.8 Å². The number of aryl methyl sites for hydroxylation is 2. The van der Waals surface area contributed by atoms with Gasteiger partial charge in [0.05, 0.1) is 10.7 Å². The van der Waals surface area contributed by atoms with Crippen LogP contribution in [0.15, 0.2) is 0 Å².